The molecule has 192 valence electrons. The van der Waals surface area contributed by atoms with Crippen molar-refractivity contribution in [3.63, 3.8) is 0 Å². The summed E-state index contributed by atoms with van der Waals surface area (Å²) in [7, 11) is 0. The van der Waals surface area contributed by atoms with Gasteiger partial charge in [-0.1, -0.05) is 19.9 Å². The molecule has 6 fully saturated rings. The monoisotopic (exact) mass is 488 g/mol. The zero-order chi connectivity index (χ0) is 24.8. The molecule has 7 aliphatic rings. The SMILES string of the molecule is C/C=C(\C)C(=O)OC1O[C@@H]2C[C@@H]3[C@@](C)([C@@H]4C[C@H]5C=CO[C@H]5O4)[C@H](C)C[C@H](OC(C)=O)[C@]13[C@@]1(CO1)C2. The molecule has 35 heavy (non-hydrogen) atoms. The molecular weight excluding hydrogens is 452 g/mol. The highest BCUT2D eigenvalue weighted by Gasteiger charge is 2.83. The fourth-order valence-electron chi connectivity index (χ4n) is 8.10. The van der Waals surface area contributed by atoms with Crippen LogP contribution >= 0.6 is 0 Å². The number of esters is 2. The van der Waals surface area contributed by atoms with Crippen LogP contribution in [0.3, 0.4) is 0 Å². The smallest absolute Gasteiger partial charge is 0.335 e. The normalized spacial score (nSPS) is 51.5. The maximum atomic E-state index is 13.0. The molecule has 2 saturated carbocycles. The van der Waals surface area contributed by atoms with Crippen LogP contribution in [0.4, 0.5) is 0 Å². The van der Waals surface area contributed by atoms with E-state index < -0.39 is 29.4 Å². The Balaban J connectivity index is 1.46. The highest BCUT2D eigenvalue weighted by molar-refractivity contribution is 5.87. The maximum Gasteiger partial charge on any atom is 0.335 e. The molecule has 1 unspecified atom stereocenters. The summed E-state index contributed by atoms with van der Waals surface area (Å²) >= 11 is 0. The third-order valence-corrected chi connectivity index (χ3v) is 10.2. The van der Waals surface area contributed by atoms with Crippen LogP contribution in [-0.2, 0) is 38.0 Å². The van der Waals surface area contributed by atoms with E-state index in [0.29, 0.717) is 25.0 Å². The molecule has 0 aromatic rings. The Morgan fingerprint density at radius 3 is 2.54 bits per heavy atom. The molecule has 2 spiro atoms. The van der Waals surface area contributed by atoms with Crippen LogP contribution in [0, 0.1) is 28.6 Å². The summed E-state index contributed by atoms with van der Waals surface area (Å²) in [5.74, 6) is -0.322. The van der Waals surface area contributed by atoms with Gasteiger partial charge >= 0.3 is 11.9 Å². The number of hydrogen-bond acceptors (Lipinski definition) is 8. The van der Waals surface area contributed by atoms with Crippen LogP contribution in [0.1, 0.15) is 60.3 Å². The van der Waals surface area contributed by atoms with Gasteiger partial charge in [0.05, 0.1) is 25.1 Å². The molecule has 8 nitrogen and oxygen atoms in total. The zero-order valence-electron chi connectivity index (χ0n) is 21.2. The quantitative estimate of drug-likeness (QED) is 0.336. The first-order valence-corrected chi connectivity index (χ1v) is 12.9. The number of epoxide rings is 1. The molecule has 0 N–H and O–H groups in total. The molecule has 8 heteroatoms. The van der Waals surface area contributed by atoms with E-state index in [-0.39, 0.29) is 47.6 Å². The van der Waals surface area contributed by atoms with Crippen LogP contribution < -0.4 is 0 Å². The van der Waals surface area contributed by atoms with E-state index in [2.05, 4.69) is 19.9 Å². The number of ether oxygens (including phenoxy) is 6. The van der Waals surface area contributed by atoms with Gasteiger partial charge < -0.3 is 28.4 Å². The average Bonchev–Trinajstić information content (AvgIpc) is 3.23. The van der Waals surface area contributed by atoms with E-state index in [9.17, 15) is 9.59 Å². The highest BCUT2D eigenvalue weighted by Crippen LogP contribution is 2.74. The van der Waals surface area contributed by atoms with E-state index in [1.807, 2.05) is 6.92 Å². The van der Waals surface area contributed by atoms with Crippen LogP contribution in [0.5, 0.6) is 0 Å². The van der Waals surface area contributed by atoms with Gasteiger partial charge in [0.2, 0.25) is 12.6 Å². The minimum Gasteiger partial charge on any atom is -0.472 e. The number of carbonyl (C=O) groups is 2. The second kappa shape index (κ2) is 7.80. The lowest BCUT2D eigenvalue weighted by Gasteiger charge is -2.69. The van der Waals surface area contributed by atoms with Gasteiger partial charge in [0.25, 0.3) is 0 Å². The Hall–Kier alpha value is -1.90. The second-order valence-electron chi connectivity index (χ2n) is 11.6. The van der Waals surface area contributed by atoms with E-state index in [4.69, 9.17) is 28.4 Å². The van der Waals surface area contributed by atoms with Crippen LogP contribution in [0.25, 0.3) is 0 Å². The summed E-state index contributed by atoms with van der Waals surface area (Å²) in [6, 6.07) is 0. The Kier molecular flexibility index (Phi) is 5.23. The third kappa shape index (κ3) is 3.08. The van der Waals surface area contributed by atoms with E-state index >= 15 is 0 Å². The van der Waals surface area contributed by atoms with Gasteiger partial charge in [-0.2, -0.15) is 0 Å². The molecular formula is C27H36O8. The van der Waals surface area contributed by atoms with Crippen molar-refractivity contribution in [1.82, 2.24) is 0 Å². The Bertz CT molecular complexity index is 984. The summed E-state index contributed by atoms with van der Waals surface area (Å²) < 4.78 is 37.1. The predicted octanol–water partition coefficient (Wildman–Crippen LogP) is 3.64. The fourth-order valence-corrected chi connectivity index (χ4v) is 8.10. The lowest BCUT2D eigenvalue weighted by atomic mass is 9.40. The third-order valence-electron chi connectivity index (χ3n) is 10.2. The van der Waals surface area contributed by atoms with Gasteiger partial charge in [0, 0.05) is 30.3 Å². The molecule has 5 aliphatic heterocycles. The van der Waals surface area contributed by atoms with Crippen molar-refractivity contribution in [3.8, 4) is 0 Å². The van der Waals surface area contributed by atoms with E-state index in [0.717, 1.165) is 12.8 Å². The van der Waals surface area contributed by atoms with Gasteiger partial charge in [-0.25, -0.2) is 4.79 Å². The van der Waals surface area contributed by atoms with Gasteiger partial charge in [-0.3, -0.25) is 4.79 Å². The summed E-state index contributed by atoms with van der Waals surface area (Å²) in [6.45, 7) is 10.1. The highest BCUT2D eigenvalue weighted by atomic mass is 16.7. The molecule has 4 saturated heterocycles. The minimum atomic E-state index is -0.863. The summed E-state index contributed by atoms with van der Waals surface area (Å²) in [6.07, 6.45) is 6.80. The number of allylic oxidation sites excluding steroid dienone is 1. The fraction of sp³-hybridized carbons (Fsp3) is 0.778. The summed E-state index contributed by atoms with van der Waals surface area (Å²) in [5.41, 5.74) is -1.11. The van der Waals surface area contributed by atoms with Crippen LogP contribution in [0.2, 0.25) is 0 Å². The van der Waals surface area contributed by atoms with Gasteiger partial charge in [-0.05, 0) is 51.0 Å². The molecule has 2 bridgehead atoms. The number of rotatable bonds is 4. The maximum absolute atomic E-state index is 13.0. The molecule has 11 atom stereocenters. The van der Waals surface area contributed by atoms with Crippen molar-refractivity contribution in [2.75, 3.05) is 6.61 Å². The first-order valence-electron chi connectivity index (χ1n) is 12.9. The summed E-state index contributed by atoms with van der Waals surface area (Å²) in [4.78, 5) is 25.4. The lowest BCUT2D eigenvalue weighted by Crippen LogP contribution is -2.77. The van der Waals surface area contributed by atoms with E-state index in [1.165, 1.54) is 6.92 Å². The number of fused-ring (bicyclic) bond motifs is 2. The number of carbonyl (C=O) groups excluding carboxylic acids is 2. The standard InChI is InChI=1S/C27H36O8/c1-6-14(2)22(29)35-24-27-19(11-18(33-24)12-26(27)13-31-26)25(5,15(3)9-21(27)32-16(4)28)20-10-17-7-8-30-23(17)34-20/h6-8,15,17-21,23-24H,9-13H2,1-5H3/b14-6+/t15-,17-,18-,19-,20+,21+,23+,24?,25+,26+,27+/m1/s1. The predicted molar refractivity (Wildman–Crippen MR) is 122 cm³/mol. The Morgan fingerprint density at radius 2 is 1.89 bits per heavy atom. The van der Waals surface area contributed by atoms with Crippen molar-refractivity contribution in [1.29, 1.82) is 0 Å². The largest absolute Gasteiger partial charge is 0.472 e. The number of hydrogen-bond donors (Lipinski definition) is 0. The topological polar surface area (TPSA) is 92.8 Å². The second-order valence-corrected chi connectivity index (χ2v) is 11.6. The van der Waals surface area contributed by atoms with Gasteiger partial charge in [0.15, 0.2) is 0 Å². The minimum absolute atomic E-state index is 0.00891. The molecule has 2 aliphatic carbocycles. The molecule has 0 aromatic heterocycles. The van der Waals surface area contributed by atoms with Crippen LogP contribution in [0.15, 0.2) is 24.0 Å². The Morgan fingerprint density at radius 1 is 1.11 bits per heavy atom. The van der Waals surface area contributed by atoms with Gasteiger partial charge in [-0.15, -0.1) is 0 Å². The lowest BCUT2D eigenvalue weighted by molar-refractivity contribution is -0.375. The van der Waals surface area contributed by atoms with Crippen molar-refractivity contribution in [2.45, 2.75) is 96.8 Å². The molecule has 0 radical (unpaired) electrons. The molecule has 5 heterocycles. The Labute approximate surface area is 206 Å². The van der Waals surface area contributed by atoms with Gasteiger partial charge in [0.1, 0.15) is 17.1 Å². The van der Waals surface area contributed by atoms with Crippen molar-refractivity contribution in [3.05, 3.63) is 24.0 Å². The van der Waals surface area contributed by atoms with E-state index in [1.54, 1.807) is 19.3 Å². The molecule has 0 aromatic carbocycles. The first kappa shape index (κ1) is 23.5. The first-order chi connectivity index (χ1) is 16.7. The molecule has 0 amide bonds. The average molecular weight is 489 g/mol. The van der Waals surface area contributed by atoms with Crippen molar-refractivity contribution < 1.29 is 38.0 Å². The molecule has 7 rings (SSSR count). The zero-order valence-corrected chi connectivity index (χ0v) is 21.2. The van der Waals surface area contributed by atoms with Crippen molar-refractivity contribution >= 4 is 11.9 Å². The van der Waals surface area contributed by atoms with Crippen LogP contribution in [-0.4, -0.2) is 55.0 Å². The summed E-state index contributed by atoms with van der Waals surface area (Å²) in [5, 5.41) is 0. The van der Waals surface area contributed by atoms with Crippen molar-refractivity contribution in [2.24, 2.45) is 28.6 Å².